The lowest BCUT2D eigenvalue weighted by Gasteiger charge is -2.37. The van der Waals surface area contributed by atoms with Gasteiger partial charge in [-0.2, -0.15) is 0 Å². The summed E-state index contributed by atoms with van der Waals surface area (Å²) in [5.74, 6) is 0.279. The topological polar surface area (TPSA) is 89.6 Å². The van der Waals surface area contributed by atoms with Crippen LogP contribution < -0.4 is 24.4 Å². The number of hydrogen-bond donors (Lipinski definition) is 1. The van der Waals surface area contributed by atoms with Gasteiger partial charge in [0, 0.05) is 38.3 Å². The van der Waals surface area contributed by atoms with Crippen LogP contribution in [-0.4, -0.2) is 71.4 Å². The van der Waals surface area contributed by atoms with E-state index in [1.54, 1.807) is 24.3 Å². The highest BCUT2D eigenvalue weighted by Crippen LogP contribution is 2.38. The average molecular weight is 520 g/mol. The number of ether oxygens (including phenoxy) is 4. The van der Waals surface area contributed by atoms with Crippen LogP contribution in [0.5, 0.6) is 17.2 Å². The highest BCUT2D eigenvalue weighted by molar-refractivity contribution is 6.07. The Morgan fingerprint density at radius 1 is 0.789 bits per heavy atom. The van der Waals surface area contributed by atoms with Crippen LogP contribution in [0.1, 0.15) is 26.3 Å². The van der Waals surface area contributed by atoms with E-state index in [9.17, 15) is 9.59 Å². The molecule has 1 aliphatic heterocycles. The van der Waals surface area contributed by atoms with Crippen molar-refractivity contribution in [2.75, 3.05) is 64.8 Å². The third kappa shape index (κ3) is 6.00. The van der Waals surface area contributed by atoms with E-state index in [0.29, 0.717) is 34.1 Å². The molecule has 1 saturated heterocycles. The summed E-state index contributed by atoms with van der Waals surface area (Å²) in [6, 6.07) is 18.8. The Morgan fingerprint density at radius 3 is 2.03 bits per heavy atom. The molecule has 3 aromatic carbocycles. The SMILES string of the molecule is COC(=O)c1ccc(N2CCN(Cc3ccccc3)CC2)c(NC(=O)c2cc(OC)c(OC)c(OC)c2)c1. The fourth-order valence-electron chi connectivity index (χ4n) is 4.55. The van der Waals surface area contributed by atoms with Gasteiger partial charge in [0.2, 0.25) is 5.75 Å². The summed E-state index contributed by atoms with van der Waals surface area (Å²) in [5.41, 5.74) is 3.29. The first-order valence-electron chi connectivity index (χ1n) is 12.3. The van der Waals surface area contributed by atoms with E-state index >= 15 is 0 Å². The molecule has 0 bridgehead atoms. The standard InChI is InChI=1S/C29H33N3O6/c1-35-25-17-22(18-26(36-2)27(25)37-3)28(33)30-23-16-21(29(34)38-4)10-11-24(23)32-14-12-31(13-15-32)19-20-8-6-5-7-9-20/h5-11,16-18H,12-15,19H2,1-4H3,(H,30,33). The van der Waals surface area contributed by atoms with Crippen molar-refractivity contribution in [2.45, 2.75) is 6.54 Å². The van der Waals surface area contributed by atoms with Crippen molar-refractivity contribution in [3.63, 3.8) is 0 Å². The number of carbonyl (C=O) groups is 2. The zero-order valence-corrected chi connectivity index (χ0v) is 22.2. The fraction of sp³-hybridized carbons (Fsp3) is 0.310. The number of anilines is 2. The van der Waals surface area contributed by atoms with Gasteiger partial charge in [0.1, 0.15) is 0 Å². The molecular weight excluding hydrogens is 486 g/mol. The zero-order chi connectivity index (χ0) is 27.1. The van der Waals surface area contributed by atoms with E-state index in [-0.39, 0.29) is 5.91 Å². The molecule has 1 fully saturated rings. The van der Waals surface area contributed by atoms with Crippen molar-refractivity contribution in [1.82, 2.24) is 4.90 Å². The first-order valence-corrected chi connectivity index (χ1v) is 12.3. The third-order valence-corrected chi connectivity index (χ3v) is 6.55. The lowest BCUT2D eigenvalue weighted by molar-refractivity contribution is 0.0600. The molecule has 0 radical (unpaired) electrons. The molecule has 9 nitrogen and oxygen atoms in total. The zero-order valence-electron chi connectivity index (χ0n) is 22.2. The summed E-state index contributed by atoms with van der Waals surface area (Å²) >= 11 is 0. The number of methoxy groups -OCH3 is 4. The Bertz CT molecular complexity index is 1250. The van der Waals surface area contributed by atoms with Crippen molar-refractivity contribution in [3.8, 4) is 17.2 Å². The normalized spacial score (nSPS) is 13.5. The van der Waals surface area contributed by atoms with E-state index in [0.717, 1.165) is 38.4 Å². The quantitative estimate of drug-likeness (QED) is 0.423. The van der Waals surface area contributed by atoms with Crippen molar-refractivity contribution in [3.05, 3.63) is 77.4 Å². The van der Waals surface area contributed by atoms with Crippen LogP contribution in [0, 0.1) is 0 Å². The van der Waals surface area contributed by atoms with Gasteiger partial charge in [-0.1, -0.05) is 30.3 Å². The monoisotopic (exact) mass is 519 g/mol. The van der Waals surface area contributed by atoms with Crippen LogP contribution >= 0.6 is 0 Å². The largest absolute Gasteiger partial charge is 0.493 e. The number of piperazine rings is 1. The number of esters is 1. The van der Waals surface area contributed by atoms with Crippen LogP contribution in [0.15, 0.2) is 60.7 Å². The summed E-state index contributed by atoms with van der Waals surface area (Å²) in [6.45, 7) is 4.18. The predicted molar refractivity (Wildman–Crippen MR) is 146 cm³/mol. The molecule has 0 saturated carbocycles. The Morgan fingerprint density at radius 2 is 1.45 bits per heavy atom. The second kappa shape index (κ2) is 12.3. The molecule has 0 unspecified atom stereocenters. The maximum atomic E-state index is 13.4. The van der Waals surface area contributed by atoms with E-state index in [1.807, 2.05) is 12.1 Å². The molecular formula is C29H33N3O6. The fourth-order valence-corrected chi connectivity index (χ4v) is 4.55. The van der Waals surface area contributed by atoms with Crippen LogP contribution in [0.4, 0.5) is 11.4 Å². The molecule has 200 valence electrons. The first kappa shape index (κ1) is 26.8. The number of carbonyl (C=O) groups excluding carboxylic acids is 2. The highest BCUT2D eigenvalue weighted by atomic mass is 16.5. The summed E-state index contributed by atoms with van der Waals surface area (Å²) in [6.07, 6.45) is 0. The third-order valence-electron chi connectivity index (χ3n) is 6.55. The minimum Gasteiger partial charge on any atom is -0.493 e. The molecule has 3 aromatic rings. The number of benzene rings is 3. The van der Waals surface area contributed by atoms with Gasteiger partial charge in [0.25, 0.3) is 5.91 Å². The Balaban J connectivity index is 1.57. The van der Waals surface area contributed by atoms with Crippen LogP contribution in [0.2, 0.25) is 0 Å². The number of amides is 1. The van der Waals surface area contributed by atoms with Crippen LogP contribution in [0.3, 0.4) is 0 Å². The van der Waals surface area contributed by atoms with Crippen LogP contribution in [-0.2, 0) is 11.3 Å². The van der Waals surface area contributed by atoms with Gasteiger partial charge in [-0.15, -0.1) is 0 Å². The minimum absolute atomic E-state index is 0.321. The number of nitrogens with zero attached hydrogens (tertiary/aromatic N) is 2. The summed E-state index contributed by atoms with van der Waals surface area (Å²) in [5, 5.41) is 2.98. The van der Waals surface area contributed by atoms with Crippen molar-refractivity contribution in [2.24, 2.45) is 0 Å². The lowest BCUT2D eigenvalue weighted by atomic mass is 10.1. The maximum Gasteiger partial charge on any atom is 0.337 e. The molecule has 1 N–H and O–H groups in total. The van der Waals surface area contributed by atoms with Gasteiger partial charge in [0.15, 0.2) is 11.5 Å². The molecule has 0 spiro atoms. The van der Waals surface area contributed by atoms with Crippen molar-refractivity contribution >= 4 is 23.3 Å². The summed E-state index contributed by atoms with van der Waals surface area (Å²) < 4.78 is 21.1. The second-order valence-corrected chi connectivity index (χ2v) is 8.84. The Labute approximate surface area is 222 Å². The van der Waals surface area contributed by atoms with Gasteiger partial charge in [0.05, 0.1) is 45.4 Å². The van der Waals surface area contributed by atoms with Gasteiger partial charge in [-0.25, -0.2) is 4.79 Å². The molecule has 1 heterocycles. The molecule has 0 atom stereocenters. The first-order chi connectivity index (χ1) is 18.5. The Hall–Kier alpha value is -4.24. The van der Waals surface area contributed by atoms with Crippen molar-refractivity contribution < 1.29 is 28.5 Å². The molecule has 0 aliphatic carbocycles. The number of rotatable bonds is 9. The van der Waals surface area contributed by atoms with Gasteiger partial charge in [-0.3, -0.25) is 9.69 Å². The lowest BCUT2D eigenvalue weighted by Crippen LogP contribution is -2.46. The minimum atomic E-state index is -0.479. The summed E-state index contributed by atoms with van der Waals surface area (Å²) in [4.78, 5) is 30.3. The molecule has 1 aliphatic rings. The maximum absolute atomic E-state index is 13.4. The Kier molecular flexibility index (Phi) is 8.70. The van der Waals surface area contributed by atoms with Crippen molar-refractivity contribution in [1.29, 1.82) is 0 Å². The second-order valence-electron chi connectivity index (χ2n) is 8.84. The summed E-state index contributed by atoms with van der Waals surface area (Å²) in [7, 11) is 5.82. The van der Waals surface area contributed by atoms with E-state index in [2.05, 4.69) is 39.4 Å². The highest BCUT2D eigenvalue weighted by Gasteiger charge is 2.23. The van der Waals surface area contributed by atoms with E-state index in [4.69, 9.17) is 18.9 Å². The van der Waals surface area contributed by atoms with E-state index < -0.39 is 5.97 Å². The molecule has 4 rings (SSSR count). The molecule has 1 amide bonds. The van der Waals surface area contributed by atoms with Gasteiger partial charge >= 0.3 is 5.97 Å². The average Bonchev–Trinajstić information content (AvgIpc) is 2.96. The number of nitrogens with one attached hydrogen (secondary N) is 1. The molecule has 0 aromatic heterocycles. The molecule has 9 heteroatoms. The van der Waals surface area contributed by atoms with Gasteiger partial charge in [-0.05, 0) is 35.9 Å². The van der Waals surface area contributed by atoms with Crippen LogP contribution in [0.25, 0.3) is 0 Å². The van der Waals surface area contributed by atoms with Gasteiger partial charge < -0.3 is 29.2 Å². The van der Waals surface area contributed by atoms with E-state index in [1.165, 1.54) is 34.0 Å². The predicted octanol–water partition coefficient (Wildman–Crippen LogP) is 4.07. The smallest absolute Gasteiger partial charge is 0.337 e. The molecule has 38 heavy (non-hydrogen) atoms. The number of hydrogen-bond acceptors (Lipinski definition) is 8.